The molecule has 3 saturated carbocycles. The molecule has 3 nitrogen and oxygen atoms in total. The van der Waals surface area contributed by atoms with Crippen LogP contribution in [0.2, 0.25) is 0 Å². The molecule has 3 heteroatoms. The van der Waals surface area contributed by atoms with Gasteiger partial charge in [0.1, 0.15) is 11.5 Å². The van der Waals surface area contributed by atoms with Crippen molar-refractivity contribution in [1.82, 2.24) is 0 Å². The van der Waals surface area contributed by atoms with Crippen LogP contribution >= 0.6 is 0 Å². The first-order valence-electron chi connectivity index (χ1n) is 7.64. The van der Waals surface area contributed by atoms with Crippen LogP contribution in [0.5, 0.6) is 11.5 Å². The summed E-state index contributed by atoms with van der Waals surface area (Å²) >= 11 is 0. The molecule has 0 aliphatic heterocycles. The van der Waals surface area contributed by atoms with Gasteiger partial charge in [0.2, 0.25) is 0 Å². The van der Waals surface area contributed by atoms with Crippen molar-refractivity contribution in [2.45, 2.75) is 25.4 Å². The summed E-state index contributed by atoms with van der Waals surface area (Å²) in [5, 5.41) is 10.8. The molecule has 1 aromatic carbocycles. The maximum atomic E-state index is 10.8. The highest BCUT2D eigenvalue weighted by molar-refractivity contribution is 5.43. The van der Waals surface area contributed by atoms with Gasteiger partial charge in [0.15, 0.2) is 0 Å². The van der Waals surface area contributed by atoms with Crippen LogP contribution in [-0.2, 0) is 0 Å². The van der Waals surface area contributed by atoms with E-state index < -0.39 is 0 Å². The minimum atomic E-state index is -0.380. The summed E-state index contributed by atoms with van der Waals surface area (Å²) < 4.78 is 10.7. The van der Waals surface area contributed by atoms with Crippen molar-refractivity contribution >= 4 is 0 Å². The molecule has 0 radical (unpaired) electrons. The Morgan fingerprint density at radius 1 is 1.10 bits per heavy atom. The van der Waals surface area contributed by atoms with E-state index in [0.717, 1.165) is 40.7 Å². The Kier molecular flexibility index (Phi) is 2.75. The molecule has 20 heavy (non-hydrogen) atoms. The van der Waals surface area contributed by atoms with Gasteiger partial charge in [-0.1, -0.05) is 0 Å². The molecule has 108 valence electrons. The first-order valence-corrected chi connectivity index (χ1v) is 7.64. The molecule has 5 atom stereocenters. The molecule has 0 spiro atoms. The molecule has 3 fully saturated rings. The third-order valence-electron chi connectivity index (χ3n) is 5.92. The van der Waals surface area contributed by atoms with E-state index in [1.807, 2.05) is 18.2 Å². The van der Waals surface area contributed by atoms with Gasteiger partial charge in [0.05, 0.1) is 20.3 Å². The number of aliphatic hydroxyl groups is 1. The minimum Gasteiger partial charge on any atom is -0.497 e. The second-order valence-electron chi connectivity index (χ2n) is 6.62. The second kappa shape index (κ2) is 4.39. The first kappa shape index (κ1) is 12.5. The lowest BCUT2D eigenvalue weighted by atomic mass is 9.94. The van der Waals surface area contributed by atoms with Crippen LogP contribution in [0, 0.1) is 29.6 Å². The van der Waals surface area contributed by atoms with Crippen molar-refractivity contribution in [2.24, 2.45) is 29.6 Å². The van der Waals surface area contributed by atoms with E-state index in [0.29, 0.717) is 5.92 Å². The second-order valence-corrected chi connectivity index (χ2v) is 6.62. The fourth-order valence-corrected chi connectivity index (χ4v) is 5.08. The highest BCUT2D eigenvalue weighted by Crippen LogP contribution is 2.72. The van der Waals surface area contributed by atoms with Crippen molar-refractivity contribution in [2.75, 3.05) is 14.2 Å². The molecule has 2 bridgehead atoms. The lowest BCUT2D eigenvalue weighted by Gasteiger charge is -2.18. The minimum absolute atomic E-state index is 0.380. The van der Waals surface area contributed by atoms with E-state index in [1.165, 1.54) is 19.3 Å². The molecule has 3 aliphatic rings. The number of ether oxygens (including phenoxy) is 2. The number of hydrogen-bond acceptors (Lipinski definition) is 3. The van der Waals surface area contributed by atoms with Crippen molar-refractivity contribution in [3.05, 3.63) is 23.8 Å². The Bertz CT molecular complexity index is 511. The van der Waals surface area contributed by atoms with Gasteiger partial charge in [-0.2, -0.15) is 0 Å². The highest BCUT2D eigenvalue weighted by Gasteiger charge is 2.66. The topological polar surface area (TPSA) is 38.7 Å². The quantitative estimate of drug-likeness (QED) is 0.917. The predicted octanol–water partition coefficient (Wildman–Crippen LogP) is 3.03. The van der Waals surface area contributed by atoms with Crippen molar-refractivity contribution in [3.63, 3.8) is 0 Å². The van der Waals surface area contributed by atoms with Crippen molar-refractivity contribution < 1.29 is 14.6 Å². The molecule has 1 N–H and O–H groups in total. The molecular formula is C17H22O3. The van der Waals surface area contributed by atoms with Gasteiger partial charge in [-0.15, -0.1) is 0 Å². The molecule has 0 saturated heterocycles. The number of hydrogen-bond donors (Lipinski definition) is 1. The van der Waals surface area contributed by atoms with E-state index in [2.05, 4.69) is 0 Å². The molecule has 4 rings (SSSR count). The van der Waals surface area contributed by atoms with E-state index in [9.17, 15) is 5.11 Å². The van der Waals surface area contributed by atoms with Gasteiger partial charge in [0.25, 0.3) is 0 Å². The summed E-state index contributed by atoms with van der Waals surface area (Å²) in [6.07, 6.45) is 3.80. The van der Waals surface area contributed by atoms with E-state index in [4.69, 9.17) is 9.47 Å². The summed E-state index contributed by atoms with van der Waals surface area (Å²) in [4.78, 5) is 0. The van der Waals surface area contributed by atoms with E-state index in [1.54, 1.807) is 14.2 Å². The van der Waals surface area contributed by atoms with Crippen molar-refractivity contribution in [3.8, 4) is 11.5 Å². The van der Waals surface area contributed by atoms with Crippen LogP contribution in [0.3, 0.4) is 0 Å². The molecule has 5 unspecified atom stereocenters. The fraction of sp³-hybridized carbons (Fsp3) is 0.647. The zero-order valence-corrected chi connectivity index (χ0v) is 12.1. The summed E-state index contributed by atoms with van der Waals surface area (Å²) in [6, 6.07) is 5.73. The Morgan fingerprint density at radius 3 is 2.40 bits per heavy atom. The summed E-state index contributed by atoms with van der Waals surface area (Å²) in [5.41, 5.74) is 0.923. The Balaban J connectivity index is 1.59. The maximum Gasteiger partial charge on any atom is 0.128 e. The van der Waals surface area contributed by atoms with Gasteiger partial charge < -0.3 is 14.6 Å². The monoisotopic (exact) mass is 274 g/mol. The molecule has 0 aromatic heterocycles. The van der Waals surface area contributed by atoms with Crippen LogP contribution in [0.15, 0.2) is 18.2 Å². The fourth-order valence-electron chi connectivity index (χ4n) is 5.08. The standard InChI is InChI=1S/C17H22O3/c1-19-11-5-6-12(13(8-11)20-2)17(18)16-14-9-3-4-10(7-9)15(14)16/h5-6,8-10,14-18H,3-4,7H2,1-2H3. The van der Waals surface area contributed by atoms with Crippen LogP contribution in [-0.4, -0.2) is 19.3 Å². The molecule has 1 aromatic rings. The zero-order chi connectivity index (χ0) is 13.9. The SMILES string of the molecule is COc1ccc(C(O)C2C3C4CCC(C4)C32)c(OC)c1. The summed E-state index contributed by atoms with van der Waals surface area (Å²) in [6.45, 7) is 0. The van der Waals surface area contributed by atoms with Crippen LogP contribution < -0.4 is 9.47 Å². The smallest absolute Gasteiger partial charge is 0.128 e. The van der Waals surface area contributed by atoms with Gasteiger partial charge in [-0.3, -0.25) is 0 Å². The number of benzene rings is 1. The number of rotatable bonds is 4. The van der Waals surface area contributed by atoms with Crippen LogP contribution in [0.4, 0.5) is 0 Å². The van der Waals surface area contributed by atoms with Crippen LogP contribution in [0.1, 0.15) is 30.9 Å². The normalized spacial score (nSPS) is 38.5. The number of methoxy groups -OCH3 is 2. The molecule has 0 amide bonds. The predicted molar refractivity (Wildman–Crippen MR) is 75.8 cm³/mol. The molecule has 0 heterocycles. The average Bonchev–Trinajstić information content (AvgIpc) is 2.93. The third kappa shape index (κ3) is 1.62. The van der Waals surface area contributed by atoms with Crippen molar-refractivity contribution in [1.29, 1.82) is 0 Å². The highest BCUT2D eigenvalue weighted by atomic mass is 16.5. The first-order chi connectivity index (χ1) is 9.74. The van der Waals surface area contributed by atoms with Gasteiger partial charge in [-0.25, -0.2) is 0 Å². The lowest BCUT2D eigenvalue weighted by molar-refractivity contribution is 0.126. The van der Waals surface area contributed by atoms with Gasteiger partial charge in [-0.05, 0) is 61.0 Å². The van der Waals surface area contributed by atoms with E-state index in [-0.39, 0.29) is 6.10 Å². The molecular weight excluding hydrogens is 252 g/mol. The lowest BCUT2D eigenvalue weighted by Crippen LogP contribution is -2.09. The summed E-state index contributed by atoms with van der Waals surface area (Å²) in [7, 11) is 3.30. The Morgan fingerprint density at radius 2 is 1.80 bits per heavy atom. The third-order valence-corrected chi connectivity index (χ3v) is 5.92. The largest absolute Gasteiger partial charge is 0.497 e. The molecule has 3 aliphatic carbocycles. The maximum absolute atomic E-state index is 10.8. The summed E-state index contributed by atoms with van der Waals surface area (Å²) in [5.74, 6) is 5.29. The van der Waals surface area contributed by atoms with E-state index >= 15 is 0 Å². The average molecular weight is 274 g/mol. The Labute approximate surface area is 119 Å². The number of aliphatic hydroxyl groups excluding tert-OH is 1. The zero-order valence-electron chi connectivity index (χ0n) is 12.1. The van der Waals surface area contributed by atoms with Crippen LogP contribution in [0.25, 0.3) is 0 Å². The number of fused-ring (bicyclic) bond motifs is 5. The van der Waals surface area contributed by atoms with Gasteiger partial charge >= 0.3 is 0 Å². The Hall–Kier alpha value is -1.22. The van der Waals surface area contributed by atoms with Gasteiger partial charge in [0, 0.05) is 11.6 Å².